The van der Waals surface area contributed by atoms with Crippen LogP contribution in [-0.4, -0.2) is 19.0 Å². The molecule has 0 heterocycles. The van der Waals surface area contributed by atoms with Crippen molar-refractivity contribution in [2.24, 2.45) is 0 Å². The van der Waals surface area contributed by atoms with Crippen LogP contribution in [0.5, 0.6) is 0 Å². The molecule has 32 heavy (non-hydrogen) atoms. The van der Waals surface area contributed by atoms with Crippen LogP contribution in [0.25, 0.3) is 0 Å². The molecule has 0 atom stereocenters. The number of nitriles is 1. The number of methoxy groups -OCH3 is 1. The Kier molecular flexibility index (Phi) is 8.21. The van der Waals surface area contributed by atoms with Gasteiger partial charge in [0, 0.05) is 5.69 Å². The number of allylic oxidation sites excluding steroid dienone is 1. The number of carbonyl (C=O) groups excluding carboxylic acids is 2. The van der Waals surface area contributed by atoms with E-state index in [0.29, 0.717) is 11.3 Å². The van der Waals surface area contributed by atoms with Gasteiger partial charge < -0.3 is 10.1 Å². The maximum atomic E-state index is 12.5. The minimum Gasteiger partial charge on any atom is -0.465 e. The summed E-state index contributed by atoms with van der Waals surface area (Å²) in [5.74, 6) is -0.610. The van der Waals surface area contributed by atoms with E-state index < -0.39 is 0 Å². The molecule has 2 aromatic rings. The van der Waals surface area contributed by atoms with E-state index in [1.165, 1.54) is 24.7 Å². The molecule has 1 aliphatic rings. The van der Waals surface area contributed by atoms with E-state index in [-0.39, 0.29) is 17.4 Å². The van der Waals surface area contributed by atoms with Crippen molar-refractivity contribution in [1.29, 1.82) is 5.26 Å². The van der Waals surface area contributed by atoms with Crippen molar-refractivity contribution in [3.63, 3.8) is 0 Å². The van der Waals surface area contributed by atoms with Gasteiger partial charge >= 0.3 is 5.97 Å². The van der Waals surface area contributed by atoms with Gasteiger partial charge in [-0.2, -0.15) is 5.26 Å². The van der Waals surface area contributed by atoms with Gasteiger partial charge in [0.1, 0.15) is 11.6 Å². The van der Waals surface area contributed by atoms with Crippen molar-refractivity contribution >= 4 is 17.6 Å². The van der Waals surface area contributed by atoms with Gasteiger partial charge in [-0.3, -0.25) is 4.79 Å². The highest BCUT2D eigenvalue weighted by Crippen LogP contribution is 2.26. The summed E-state index contributed by atoms with van der Waals surface area (Å²) in [5.41, 5.74) is 5.89. The van der Waals surface area contributed by atoms with E-state index in [1.807, 2.05) is 49.4 Å². The standard InChI is InChI=1S/C27H30N2O3/c1-19-17-21(13-16-24(19)27(31)32-2)8-6-7-20-11-14-23(15-12-20)29-26(30)25(18-28)22-9-4-3-5-10-22/h11-17H,3-10H2,1-2H3,(H,29,30). The summed E-state index contributed by atoms with van der Waals surface area (Å²) in [5, 5.41) is 12.3. The van der Waals surface area contributed by atoms with Gasteiger partial charge in [-0.25, -0.2) is 4.79 Å². The molecular weight excluding hydrogens is 400 g/mol. The number of aryl methyl sites for hydroxylation is 3. The maximum Gasteiger partial charge on any atom is 0.338 e. The van der Waals surface area contributed by atoms with E-state index in [9.17, 15) is 14.9 Å². The van der Waals surface area contributed by atoms with Crippen LogP contribution in [0.1, 0.15) is 65.6 Å². The van der Waals surface area contributed by atoms with Crippen LogP contribution < -0.4 is 5.32 Å². The van der Waals surface area contributed by atoms with Crippen LogP contribution >= 0.6 is 0 Å². The number of esters is 1. The molecule has 1 amide bonds. The Balaban J connectivity index is 1.53. The van der Waals surface area contributed by atoms with Crippen molar-refractivity contribution in [3.8, 4) is 6.07 Å². The minimum atomic E-state index is -0.307. The predicted octanol–water partition coefficient (Wildman–Crippen LogP) is 5.68. The molecule has 1 saturated carbocycles. The highest BCUT2D eigenvalue weighted by Gasteiger charge is 2.17. The Labute approximate surface area is 190 Å². The van der Waals surface area contributed by atoms with Crippen LogP contribution in [0, 0.1) is 18.3 Å². The number of ether oxygens (including phenoxy) is 1. The molecule has 1 fully saturated rings. The fraction of sp³-hybridized carbons (Fsp3) is 0.370. The maximum absolute atomic E-state index is 12.5. The van der Waals surface area contributed by atoms with Gasteiger partial charge in [-0.05, 0) is 92.3 Å². The third-order valence-corrected chi connectivity index (χ3v) is 5.99. The van der Waals surface area contributed by atoms with Gasteiger partial charge in [0.05, 0.1) is 12.7 Å². The number of anilines is 1. The quantitative estimate of drug-likeness (QED) is 0.348. The Morgan fingerprint density at radius 1 is 1.00 bits per heavy atom. The van der Waals surface area contributed by atoms with Crippen molar-refractivity contribution in [2.45, 2.75) is 58.3 Å². The lowest BCUT2D eigenvalue weighted by Crippen LogP contribution is -2.16. The van der Waals surface area contributed by atoms with E-state index in [0.717, 1.165) is 56.1 Å². The average molecular weight is 431 g/mol. The number of hydrogen-bond acceptors (Lipinski definition) is 4. The van der Waals surface area contributed by atoms with Crippen LogP contribution in [-0.2, 0) is 22.4 Å². The molecule has 1 N–H and O–H groups in total. The lowest BCUT2D eigenvalue weighted by atomic mass is 9.91. The molecule has 1 aliphatic carbocycles. The second-order valence-corrected chi connectivity index (χ2v) is 8.30. The SMILES string of the molecule is COC(=O)c1ccc(CCCc2ccc(NC(=O)C(C#N)=C3CCCCC3)cc2)cc1C. The number of nitrogens with zero attached hydrogens (tertiary/aromatic N) is 1. The lowest BCUT2D eigenvalue weighted by Gasteiger charge is -2.15. The summed E-state index contributed by atoms with van der Waals surface area (Å²) in [6, 6.07) is 15.8. The zero-order valence-electron chi connectivity index (χ0n) is 18.9. The Bertz CT molecular complexity index is 1040. The zero-order valence-corrected chi connectivity index (χ0v) is 18.9. The highest BCUT2D eigenvalue weighted by molar-refractivity contribution is 6.07. The third-order valence-electron chi connectivity index (χ3n) is 5.99. The first-order valence-electron chi connectivity index (χ1n) is 11.2. The molecule has 0 unspecified atom stereocenters. The molecule has 0 bridgehead atoms. The predicted molar refractivity (Wildman–Crippen MR) is 125 cm³/mol. The Hall–Kier alpha value is -3.39. The number of amides is 1. The van der Waals surface area contributed by atoms with Crippen LogP contribution in [0.3, 0.4) is 0 Å². The van der Waals surface area contributed by atoms with E-state index in [2.05, 4.69) is 11.4 Å². The largest absolute Gasteiger partial charge is 0.465 e. The summed E-state index contributed by atoms with van der Waals surface area (Å²) in [4.78, 5) is 24.3. The molecule has 3 rings (SSSR count). The smallest absolute Gasteiger partial charge is 0.338 e. The fourth-order valence-corrected chi connectivity index (χ4v) is 4.18. The van der Waals surface area contributed by atoms with E-state index in [4.69, 9.17) is 4.74 Å². The molecule has 166 valence electrons. The van der Waals surface area contributed by atoms with Crippen molar-refractivity contribution in [3.05, 3.63) is 75.9 Å². The molecule has 0 saturated heterocycles. The molecule has 5 nitrogen and oxygen atoms in total. The average Bonchev–Trinajstić information content (AvgIpc) is 2.81. The van der Waals surface area contributed by atoms with E-state index >= 15 is 0 Å². The van der Waals surface area contributed by atoms with Crippen molar-refractivity contribution in [2.75, 3.05) is 12.4 Å². The molecule has 0 radical (unpaired) electrons. The van der Waals surface area contributed by atoms with Crippen LogP contribution in [0.15, 0.2) is 53.6 Å². The first-order valence-corrected chi connectivity index (χ1v) is 11.2. The van der Waals surface area contributed by atoms with Gasteiger partial charge in [-0.15, -0.1) is 0 Å². The van der Waals surface area contributed by atoms with Crippen molar-refractivity contribution in [1.82, 2.24) is 0 Å². The molecule has 0 spiro atoms. The fourth-order valence-electron chi connectivity index (χ4n) is 4.18. The summed E-state index contributed by atoms with van der Waals surface area (Å²) in [6.07, 6.45) is 7.78. The van der Waals surface area contributed by atoms with Gasteiger partial charge in [0.2, 0.25) is 0 Å². The number of carbonyl (C=O) groups is 2. The Morgan fingerprint density at radius 2 is 1.66 bits per heavy atom. The second-order valence-electron chi connectivity index (χ2n) is 8.30. The number of rotatable bonds is 7. The van der Waals surface area contributed by atoms with Gasteiger partial charge in [-0.1, -0.05) is 30.7 Å². The zero-order chi connectivity index (χ0) is 22.9. The molecule has 0 aliphatic heterocycles. The van der Waals surface area contributed by atoms with Gasteiger partial charge in [0.25, 0.3) is 5.91 Å². The first-order chi connectivity index (χ1) is 15.5. The summed E-state index contributed by atoms with van der Waals surface area (Å²) < 4.78 is 4.80. The minimum absolute atomic E-state index is 0.280. The number of benzene rings is 2. The summed E-state index contributed by atoms with van der Waals surface area (Å²) >= 11 is 0. The second kappa shape index (κ2) is 11.3. The van der Waals surface area contributed by atoms with Crippen LogP contribution in [0.4, 0.5) is 5.69 Å². The molecule has 0 aromatic heterocycles. The normalized spacial score (nSPS) is 13.2. The molecular formula is C27H30N2O3. The highest BCUT2D eigenvalue weighted by atomic mass is 16.5. The molecule has 2 aromatic carbocycles. The molecule has 5 heteroatoms. The third kappa shape index (κ3) is 6.07. The number of nitrogens with one attached hydrogen (secondary N) is 1. The summed E-state index contributed by atoms with van der Waals surface area (Å²) in [6.45, 7) is 1.92. The summed E-state index contributed by atoms with van der Waals surface area (Å²) in [7, 11) is 1.39. The van der Waals surface area contributed by atoms with Crippen LogP contribution in [0.2, 0.25) is 0 Å². The van der Waals surface area contributed by atoms with E-state index in [1.54, 1.807) is 0 Å². The monoisotopic (exact) mass is 430 g/mol. The lowest BCUT2D eigenvalue weighted by molar-refractivity contribution is -0.112. The van der Waals surface area contributed by atoms with Crippen molar-refractivity contribution < 1.29 is 14.3 Å². The number of hydrogen-bond donors (Lipinski definition) is 1. The first kappa shape index (κ1) is 23.3. The van der Waals surface area contributed by atoms with Gasteiger partial charge in [0.15, 0.2) is 0 Å². The Morgan fingerprint density at radius 3 is 2.28 bits per heavy atom. The topological polar surface area (TPSA) is 79.2 Å².